The van der Waals surface area contributed by atoms with Crippen LogP contribution in [0.15, 0.2) is 0 Å². The Morgan fingerprint density at radius 1 is 1.44 bits per heavy atom. The maximum absolute atomic E-state index is 6.21. The van der Waals surface area contributed by atoms with E-state index in [1.54, 1.807) is 4.68 Å². The van der Waals surface area contributed by atoms with Crippen LogP contribution in [0.5, 0.6) is 0 Å². The van der Waals surface area contributed by atoms with Crippen LogP contribution in [0.4, 0.5) is 0 Å². The van der Waals surface area contributed by atoms with Crippen LogP contribution in [0, 0.1) is 6.92 Å². The standard InChI is InChI=1S/C13H22ClN3O/c1-9-10(13(14)17(3)16-9)8-18-12-7-5-4-6-11(12)15-2/h11-12,15H,4-8H2,1-3H3. The molecule has 1 aromatic heterocycles. The third kappa shape index (κ3) is 2.87. The van der Waals surface area contributed by atoms with Crippen LogP contribution >= 0.6 is 11.6 Å². The predicted octanol–water partition coefficient (Wildman–Crippen LogP) is 2.43. The third-order valence-corrected chi connectivity index (χ3v) is 4.26. The van der Waals surface area contributed by atoms with E-state index in [4.69, 9.17) is 16.3 Å². The van der Waals surface area contributed by atoms with E-state index in [-0.39, 0.29) is 0 Å². The molecule has 1 N–H and O–H groups in total. The summed E-state index contributed by atoms with van der Waals surface area (Å²) in [6.07, 6.45) is 5.16. The second kappa shape index (κ2) is 6.04. The highest BCUT2D eigenvalue weighted by Crippen LogP contribution is 2.25. The molecular formula is C13H22ClN3O. The molecule has 1 aliphatic rings. The van der Waals surface area contributed by atoms with E-state index in [0.29, 0.717) is 23.9 Å². The van der Waals surface area contributed by atoms with Gasteiger partial charge in [-0.3, -0.25) is 4.68 Å². The van der Waals surface area contributed by atoms with Gasteiger partial charge in [0.15, 0.2) is 0 Å². The van der Waals surface area contributed by atoms with Crippen LogP contribution in [-0.4, -0.2) is 29.0 Å². The Bertz CT molecular complexity index is 405. The average molecular weight is 272 g/mol. The summed E-state index contributed by atoms with van der Waals surface area (Å²) in [6, 6.07) is 0.467. The molecule has 1 saturated carbocycles. The van der Waals surface area contributed by atoms with Crippen LogP contribution in [0.25, 0.3) is 0 Å². The van der Waals surface area contributed by atoms with Crippen molar-refractivity contribution >= 4 is 11.6 Å². The van der Waals surface area contributed by atoms with Gasteiger partial charge in [-0.15, -0.1) is 0 Å². The molecule has 2 unspecified atom stereocenters. The SMILES string of the molecule is CNC1CCCCC1OCc1c(C)nn(C)c1Cl. The monoisotopic (exact) mass is 271 g/mol. The lowest BCUT2D eigenvalue weighted by molar-refractivity contribution is -0.00378. The Hall–Kier alpha value is -0.580. The summed E-state index contributed by atoms with van der Waals surface area (Å²) in [5.41, 5.74) is 1.97. The van der Waals surface area contributed by atoms with Crippen LogP contribution < -0.4 is 5.32 Å². The molecule has 2 rings (SSSR count). The minimum atomic E-state index is 0.291. The van der Waals surface area contributed by atoms with Crippen LogP contribution in [0.1, 0.15) is 36.9 Å². The van der Waals surface area contributed by atoms with Crippen molar-refractivity contribution in [3.63, 3.8) is 0 Å². The lowest BCUT2D eigenvalue weighted by atomic mass is 9.92. The van der Waals surface area contributed by atoms with E-state index >= 15 is 0 Å². The Morgan fingerprint density at radius 2 is 2.17 bits per heavy atom. The Morgan fingerprint density at radius 3 is 2.78 bits per heavy atom. The zero-order chi connectivity index (χ0) is 13.1. The van der Waals surface area contributed by atoms with Gasteiger partial charge < -0.3 is 10.1 Å². The smallest absolute Gasteiger partial charge is 0.132 e. The lowest BCUT2D eigenvalue weighted by Gasteiger charge is -2.31. The van der Waals surface area contributed by atoms with E-state index in [2.05, 4.69) is 10.4 Å². The van der Waals surface area contributed by atoms with E-state index in [0.717, 1.165) is 17.7 Å². The zero-order valence-electron chi connectivity index (χ0n) is 11.4. The van der Waals surface area contributed by atoms with Gasteiger partial charge in [0.05, 0.1) is 18.4 Å². The van der Waals surface area contributed by atoms with Crippen LogP contribution in [0.2, 0.25) is 5.15 Å². The van der Waals surface area contributed by atoms with E-state index in [9.17, 15) is 0 Å². The zero-order valence-corrected chi connectivity index (χ0v) is 12.1. The van der Waals surface area contributed by atoms with E-state index < -0.39 is 0 Å². The number of nitrogens with one attached hydrogen (secondary N) is 1. The van der Waals surface area contributed by atoms with Crippen molar-refractivity contribution in [1.29, 1.82) is 0 Å². The number of rotatable bonds is 4. The molecule has 5 heteroatoms. The van der Waals surface area contributed by atoms with Gasteiger partial charge in [0.2, 0.25) is 0 Å². The van der Waals surface area contributed by atoms with Gasteiger partial charge >= 0.3 is 0 Å². The molecule has 0 spiro atoms. The summed E-state index contributed by atoms with van der Waals surface area (Å²) in [7, 11) is 3.87. The topological polar surface area (TPSA) is 39.1 Å². The molecule has 0 radical (unpaired) electrons. The number of ether oxygens (including phenoxy) is 1. The number of hydrogen-bond donors (Lipinski definition) is 1. The number of aromatic nitrogens is 2. The molecule has 0 aromatic carbocycles. The van der Waals surface area contributed by atoms with Gasteiger partial charge in [0.1, 0.15) is 5.15 Å². The maximum Gasteiger partial charge on any atom is 0.132 e. The summed E-state index contributed by atoms with van der Waals surface area (Å²) in [5.74, 6) is 0. The first-order chi connectivity index (χ1) is 8.63. The third-order valence-electron chi connectivity index (χ3n) is 3.78. The predicted molar refractivity (Wildman–Crippen MR) is 72.8 cm³/mol. The fourth-order valence-electron chi connectivity index (χ4n) is 2.65. The highest BCUT2D eigenvalue weighted by molar-refractivity contribution is 6.30. The molecule has 0 saturated heterocycles. The fourth-order valence-corrected chi connectivity index (χ4v) is 2.88. The van der Waals surface area contributed by atoms with Crippen LogP contribution in [-0.2, 0) is 18.4 Å². The average Bonchev–Trinajstić information content (AvgIpc) is 2.62. The summed E-state index contributed by atoms with van der Waals surface area (Å²) in [6.45, 7) is 2.53. The second-order valence-electron chi connectivity index (χ2n) is 5.01. The first-order valence-corrected chi connectivity index (χ1v) is 6.98. The number of likely N-dealkylation sites (N-methyl/N-ethyl adjacent to an activating group) is 1. The molecule has 1 fully saturated rings. The van der Waals surface area contributed by atoms with E-state index in [1.165, 1.54) is 19.3 Å². The Labute approximate surface area is 114 Å². The van der Waals surface area contributed by atoms with Gasteiger partial charge in [0.25, 0.3) is 0 Å². The maximum atomic E-state index is 6.21. The summed E-state index contributed by atoms with van der Waals surface area (Å²) in [4.78, 5) is 0. The molecule has 18 heavy (non-hydrogen) atoms. The quantitative estimate of drug-likeness (QED) is 0.914. The van der Waals surface area contributed by atoms with Gasteiger partial charge in [-0.1, -0.05) is 24.4 Å². The molecule has 1 aromatic rings. The van der Waals surface area contributed by atoms with Crippen molar-refractivity contribution in [1.82, 2.24) is 15.1 Å². The lowest BCUT2D eigenvalue weighted by Crippen LogP contribution is -2.41. The minimum absolute atomic E-state index is 0.291. The van der Waals surface area contributed by atoms with E-state index in [1.807, 2.05) is 21.0 Å². The van der Waals surface area contributed by atoms with Crippen molar-refractivity contribution in [3.05, 3.63) is 16.4 Å². The molecule has 0 aliphatic heterocycles. The van der Waals surface area contributed by atoms with Crippen molar-refractivity contribution in [3.8, 4) is 0 Å². The highest BCUT2D eigenvalue weighted by Gasteiger charge is 2.25. The largest absolute Gasteiger partial charge is 0.372 e. The summed E-state index contributed by atoms with van der Waals surface area (Å²) in [5, 5.41) is 8.33. The Kier molecular flexibility index (Phi) is 4.65. The molecule has 2 atom stereocenters. The van der Waals surface area contributed by atoms with Gasteiger partial charge in [-0.05, 0) is 26.8 Å². The normalized spacial score (nSPS) is 24.4. The van der Waals surface area contributed by atoms with Crippen molar-refractivity contribution in [2.75, 3.05) is 7.05 Å². The number of hydrogen-bond acceptors (Lipinski definition) is 3. The molecule has 4 nitrogen and oxygen atoms in total. The van der Waals surface area contributed by atoms with Gasteiger partial charge in [0, 0.05) is 18.7 Å². The Balaban J connectivity index is 1.98. The summed E-state index contributed by atoms with van der Waals surface area (Å²) >= 11 is 6.21. The second-order valence-corrected chi connectivity index (χ2v) is 5.37. The first kappa shape index (κ1) is 13.8. The van der Waals surface area contributed by atoms with Crippen LogP contribution in [0.3, 0.4) is 0 Å². The molecule has 102 valence electrons. The number of aryl methyl sites for hydroxylation is 2. The number of nitrogens with zero attached hydrogens (tertiary/aromatic N) is 2. The molecule has 1 aliphatic carbocycles. The van der Waals surface area contributed by atoms with Gasteiger partial charge in [-0.25, -0.2) is 0 Å². The van der Waals surface area contributed by atoms with Crippen molar-refractivity contribution < 1.29 is 4.74 Å². The van der Waals surface area contributed by atoms with Crippen molar-refractivity contribution in [2.45, 2.75) is 51.4 Å². The first-order valence-electron chi connectivity index (χ1n) is 6.60. The highest BCUT2D eigenvalue weighted by atomic mass is 35.5. The molecule has 0 amide bonds. The molecular weight excluding hydrogens is 250 g/mol. The summed E-state index contributed by atoms with van der Waals surface area (Å²) < 4.78 is 7.75. The molecule has 0 bridgehead atoms. The fraction of sp³-hybridized carbons (Fsp3) is 0.769. The minimum Gasteiger partial charge on any atom is -0.372 e. The van der Waals surface area contributed by atoms with Gasteiger partial charge in [-0.2, -0.15) is 5.10 Å². The number of halogens is 1. The molecule has 1 heterocycles. The van der Waals surface area contributed by atoms with Crippen molar-refractivity contribution in [2.24, 2.45) is 7.05 Å².